The van der Waals surface area contributed by atoms with E-state index in [-0.39, 0.29) is 27.8 Å². The monoisotopic (exact) mass is 289 g/mol. The summed E-state index contributed by atoms with van der Waals surface area (Å²) in [6.07, 6.45) is -4.60. The number of fused-ring (bicyclic) bond motifs is 1. The molecule has 1 aromatic heterocycles. The Morgan fingerprint density at radius 3 is 2.60 bits per heavy atom. The highest BCUT2D eigenvalue weighted by atomic mass is 19.4. The van der Waals surface area contributed by atoms with Crippen molar-refractivity contribution in [3.63, 3.8) is 0 Å². The summed E-state index contributed by atoms with van der Waals surface area (Å²) in [4.78, 5) is 11.6. The Morgan fingerprint density at radius 1 is 1.40 bits per heavy atom. The fourth-order valence-electron chi connectivity index (χ4n) is 1.84. The van der Waals surface area contributed by atoms with E-state index in [0.29, 0.717) is 6.07 Å². The van der Waals surface area contributed by atoms with Crippen LogP contribution in [0.25, 0.3) is 10.9 Å². The van der Waals surface area contributed by atoms with Crippen molar-refractivity contribution in [1.29, 1.82) is 0 Å². The molecule has 0 aliphatic carbocycles. The number of aromatic nitrogens is 1. The van der Waals surface area contributed by atoms with Crippen molar-refractivity contribution in [2.75, 3.05) is 6.61 Å². The Balaban J connectivity index is 2.68. The molecule has 0 saturated heterocycles. The maximum Gasteiger partial charge on any atom is 0.416 e. The molecule has 0 spiro atoms. The summed E-state index contributed by atoms with van der Waals surface area (Å²) in [6, 6.07) is 2.39. The molecule has 108 valence electrons. The number of halogens is 3. The topological polar surface area (TPSA) is 71.7 Å². The Morgan fingerprint density at radius 2 is 2.05 bits per heavy atom. The molecule has 2 aromatic rings. The van der Waals surface area contributed by atoms with Crippen LogP contribution in [0.15, 0.2) is 18.2 Å². The van der Waals surface area contributed by atoms with Gasteiger partial charge in [0.2, 0.25) is 5.88 Å². The van der Waals surface area contributed by atoms with Gasteiger partial charge >= 0.3 is 12.1 Å². The van der Waals surface area contributed by atoms with Gasteiger partial charge in [0.1, 0.15) is 5.56 Å². The van der Waals surface area contributed by atoms with Crippen molar-refractivity contribution < 1.29 is 33.0 Å². The molecule has 5 nitrogen and oxygen atoms in total. The van der Waals surface area contributed by atoms with Crippen molar-refractivity contribution in [3.05, 3.63) is 29.3 Å². The predicted octanol–water partition coefficient (Wildman–Crippen LogP) is 2.78. The van der Waals surface area contributed by atoms with Gasteiger partial charge in [0.15, 0.2) is 0 Å². The number of alkyl halides is 3. The van der Waals surface area contributed by atoms with Gasteiger partial charge in [-0.3, -0.25) is 0 Å². The number of rotatable bonds is 2. The van der Waals surface area contributed by atoms with E-state index in [1.165, 1.54) is 6.92 Å². The third kappa shape index (κ3) is 2.13. The van der Waals surface area contributed by atoms with Crippen molar-refractivity contribution in [3.8, 4) is 5.88 Å². The molecule has 2 rings (SSSR count). The summed E-state index contributed by atoms with van der Waals surface area (Å²) >= 11 is 0. The molecule has 0 fully saturated rings. The molecule has 0 bridgehead atoms. The number of ether oxygens (including phenoxy) is 1. The molecule has 0 saturated carbocycles. The smallest absolute Gasteiger partial charge is 0.416 e. The van der Waals surface area contributed by atoms with E-state index in [0.717, 1.165) is 12.1 Å². The van der Waals surface area contributed by atoms with Gasteiger partial charge in [0.05, 0.1) is 17.7 Å². The zero-order valence-electron chi connectivity index (χ0n) is 10.2. The second kappa shape index (κ2) is 4.62. The molecule has 0 aliphatic heterocycles. The number of benzene rings is 1. The molecule has 0 aliphatic rings. The van der Waals surface area contributed by atoms with Gasteiger partial charge in [0, 0.05) is 5.39 Å². The van der Waals surface area contributed by atoms with Gasteiger partial charge in [-0.25, -0.2) is 4.79 Å². The zero-order valence-corrected chi connectivity index (χ0v) is 10.2. The summed E-state index contributed by atoms with van der Waals surface area (Å²) in [5, 5.41) is 19.2. The summed E-state index contributed by atoms with van der Waals surface area (Å²) in [5.41, 5.74) is -1.72. The first-order valence-electron chi connectivity index (χ1n) is 5.58. The van der Waals surface area contributed by atoms with Gasteiger partial charge in [0.25, 0.3) is 0 Å². The lowest BCUT2D eigenvalue weighted by atomic mass is 10.1. The van der Waals surface area contributed by atoms with Crippen LogP contribution in [-0.2, 0) is 10.9 Å². The number of aromatic hydroxyl groups is 1. The number of carbonyl (C=O) groups excluding carboxylic acids is 1. The Hall–Kier alpha value is -2.38. The quantitative estimate of drug-likeness (QED) is 0.658. The van der Waals surface area contributed by atoms with Crippen LogP contribution >= 0.6 is 0 Å². The first-order chi connectivity index (χ1) is 9.27. The summed E-state index contributed by atoms with van der Waals surface area (Å²) in [6.45, 7) is 1.56. The number of carbonyl (C=O) groups is 1. The highest BCUT2D eigenvalue weighted by molar-refractivity contribution is 6.07. The van der Waals surface area contributed by atoms with E-state index >= 15 is 0 Å². The molecule has 8 heteroatoms. The highest BCUT2D eigenvalue weighted by Crippen LogP contribution is 2.36. The lowest BCUT2D eigenvalue weighted by Gasteiger charge is -2.06. The minimum absolute atomic E-state index is 0.0248. The molecule has 1 aromatic carbocycles. The first-order valence-corrected chi connectivity index (χ1v) is 5.58. The van der Waals surface area contributed by atoms with Crippen LogP contribution in [0, 0.1) is 0 Å². The third-order valence-corrected chi connectivity index (χ3v) is 2.73. The highest BCUT2D eigenvalue weighted by Gasteiger charge is 2.32. The molecule has 20 heavy (non-hydrogen) atoms. The Bertz CT molecular complexity index is 675. The lowest BCUT2D eigenvalue weighted by molar-refractivity contribution is -0.137. The van der Waals surface area contributed by atoms with E-state index in [9.17, 15) is 28.3 Å². The average Bonchev–Trinajstić information content (AvgIpc) is 2.61. The third-order valence-electron chi connectivity index (χ3n) is 2.73. The van der Waals surface area contributed by atoms with E-state index in [1.54, 1.807) is 0 Å². The largest absolute Gasteiger partial charge is 0.492 e. The second-order valence-corrected chi connectivity index (χ2v) is 3.96. The summed E-state index contributed by atoms with van der Waals surface area (Å²) < 4.78 is 42.6. The van der Waals surface area contributed by atoms with Gasteiger partial charge in [-0.05, 0) is 19.1 Å². The molecule has 0 radical (unpaired) electrons. The minimum Gasteiger partial charge on any atom is -0.492 e. The van der Waals surface area contributed by atoms with Crippen LogP contribution in [-0.4, -0.2) is 27.6 Å². The zero-order chi connectivity index (χ0) is 15.1. The maximum absolute atomic E-state index is 12.6. The summed E-state index contributed by atoms with van der Waals surface area (Å²) in [7, 11) is 0. The maximum atomic E-state index is 12.6. The minimum atomic E-state index is -4.60. The molecule has 2 N–H and O–H groups in total. The SMILES string of the molecule is CCOC(=O)c1c(O)n(O)c2cc(C(F)(F)F)ccc12. The number of hydrogen-bond donors (Lipinski definition) is 2. The molecule has 0 amide bonds. The van der Waals surface area contributed by atoms with Crippen molar-refractivity contribution in [1.82, 2.24) is 4.73 Å². The van der Waals surface area contributed by atoms with Crippen LogP contribution in [0.1, 0.15) is 22.8 Å². The normalized spacial score (nSPS) is 11.8. The van der Waals surface area contributed by atoms with Crippen LogP contribution in [0.4, 0.5) is 13.2 Å². The second-order valence-electron chi connectivity index (χ2n) is 3.96. The predicted molar refractivity (Wildman–Crippen MR) is 61.7 cm³/mol. The first kappa shape index (κ1) is 14.0. The average molecular weight is 289 g/mol. The molecule has 0 atom stereocenters. The molecular weight excluding hydrogens is 279 g/mol. The van der Waals surface area contributed by atoms with E-state index in [4.69, 9.17) is 0 Å². The Labute approximate surface area is 110 Å². The van der Waals surface area contributed by atoms with Gasteiger partial charge in [-0.2, -0.15) is 17.9 Å². The van der Waals surface area contributed by atoms with Crippen LogP contribution in [0.3, 0.4) is 0 Å². The number of esters is 1. The van der Waals surface area contributed by atoms with E-state index in [1.807, 2.05) is 0 Å². The van der Waals surface area contributed by atoms with Crippen LogP contribution < -0.4 is 0 Å². The van der Waals surface area contributed by atoms with Crippen LogP contribution in [0.5, 0.6) is 5.88 Å². The number of nitrogens with zero attached hydrogens (tertiary/aromatic N) is 1. The molecule has 1 heterocycles. The van der Waals surface area contributed by atoms with Gasteiger partial charge in [-0.1, -0.05) is 6.07 Å². The van der Waals surface area contributed by atoms with Gasteiger partial charge < -0.3 is 15.1 Å². The lowest BCUT2D eigenvalue weighted by Crippen LogP contribution is -2.05. The molecule has 0 unspecified atom stereocenters. The number of hydrogen-bond acceptors (Lipinski definition) is 4. The Kier molecular flexibility index (Phi) is 3.24. The fraction of sp³-hybridized carbons (Fsp3) is 0.250. The van der Waals surface area contributed by atoms with E-state index in [2.05, 4.69) is 4.74 Å². The van der Waals surface area contributed by atoms with Crippen molar-refractivity contribution in [2.24, 2.45) is 0 Å². The summed E-state index contributed by atoms with van der Waals surface area (Å²) in [5.74, 6) is -1.79. The van der Waals surface area contributed by atoms with Gasteiger partial charge in [-0.15, -0.1) is 0 Å². The van der Waals surface area contributed by atoms with Crippen molar-refractivity contribution in [2.45, 2.75) is 13.1 Å². The van der Waals surface area contributed by atoms with Crippen LogP contribution in [0.2, 0.25) is 0 Å². The van der Waals surface area contributed by atoms with E-state index < -0.39 is 23.6 Å². The standard InChI is InChI=1S/C12H10F3NO4/c1-2-20-11(18)9-7-4-3-6(12(13,14)15)5-8(7)16(19)10(9)17/h3-5,17,19H,2H2,1H3. The molecular formula is C12H10F3NO4. The fourth-order valence-corrected chi connectivity index (χ4v) is 1.84. The van der Waals surface area contributed by atoms with Crippen molar-refractivity contribution >= 4 is 16.9 Å².